The number of allylic oxidation sites excluding steroid dienone is 2. The molecule has 0 bridgehead atoms. The van der Waals surface area contributed by atoms with E-state index in [-0.39, 0.29) is 36.7 Å². The lowest BCUT2D eigenvalue weighted by Crippen LogP contribution is -2.34. The number of phosphoric acid groups is 2. The lowest BCUT2D eigenvalue weighted by Gasteiger charge is -2.30. The minimum absolute atomic E-state index is 0.113. The Balaban J connectivity index is 1.09. The summed E-state index contributed by atoms with van der Waals surface area (Å²) < 4.78 is 65.0. The van der Waals surface area contributed by atoms with Gasteiger partial charge in [0.1, 0.15) is 30.8 Å². The van der Waals surface area contributed by atoms with Gasteiger partial charge in [-0.3, -0.25) is 37.8 Å². The number of hydrogen-bond acceptors (Lipinski definition) is 17. The van der Waals surface area contributed by atoms with Crippen LogP contribution < -0.4 is 37.6 Å². The molecule has 0 spiro atoms. The Hall–Kier alpha value is -3.53. The van der Waals surface area contributed by atoms with Gasteiger partial charge in [0.15, 0.2) is 0 Å². The number of nitrogens with zero attached hydrogens (tertiary/aromatic N) is 2. The molecule has 4 N–H and O–H groups in total. The van der Waals surface area contributed by atoms with E-state index >= 15 is 0 Å². The maximum atomic E-state index is 13.1. The van der Waals surface area contributed by atoms with Crippen LogP contribution in [0.25, 0.3) is 0 Å². The van der Waals surface area contributed by atoms with Crippen LogP contribution in [0.4, 0.5) is 4.79 Å². The van der Waals surface area contributed by atoms with Crippen LogP contribution in [-0.4, -0.2) is 87.2 Å². The number of carbonyl (C=O) groups is 1. The molecule has 0 saturated carbocycles. The maximum Gasteiger partial charge on any atom is 0.407 e. The summed E-state index contributed by atoms with van der Waals surface area (Å²) in [4.78, 5) is 90.7. The molecule has 0 aromatic carbocycles. The van der Waals surface area contributed by atoms with Crippen LogP contribution in [0.5, 0.6) is 0 Å². The van der Waals surface area contributed by atoms with Gasteiger partial charge in [-0.2, -0.15) is 0 Å². The number of aromatic nitrogens is 4. The van der Waals surface area contributed by atoms with E-state index in [1.54, 1.807) is 0 Å². The number of aryl methyl sites for hydroxylation is 2. The van der Waals surface area contributed by atoms with Crippen molar-refractivity contribution in [2.45, 2.75) is 127 Å². The standard InChI is InChI=1S/C35H53N5O17P2/c1-22-18-39(33(44)37-31(22)42)29-16-25(41)27(55-29)20-53-59(49,50)57-26-17-30(40-19-23(2)32(43)38-34(40)45)56-28(26)21-52-58(47,48)51-15-11-7-6-10-14-36-35(46)54-24-12-8-4-3-5-9-13-24/h3-4,18-19,24-30,41H,5-17,20-21H2,1-2H3,(H,36,46)(H,47,48)(H,49,50)(H,37,42,44)(H,38,43,45)/p-2/b4-3+/t24?,25-,26-,27-,28-,29-,30-/m1/s1. The van der Waals surface area contributed by atoms with Crippen LogP contribution in [-0.2, 0) is 41.4 Å². The highest BCUT2D eigenvalue weighted by molar-refractivity contribution is 7.46. The second-order valence-corrected chi connectivity index (χ2v) is 17.3. The fourth-order valence-electron chi connectivity index (χ4n) is 6.71. The van der Waals surface area contributed by atoms with Crippen molar-refractivity contribution in [1.82, 2.24) is 24.4 Å². The second kappa shape index (κ2) is 21.3. The molecule has 2 fully saturated rings. The normalized spacial score (nSPS) is 27.3. The van der Waals surface area contributed by atoms with Gasteiger partial charge >= 0.3 is 17.5 Å². The molecule has 59 heavy (non-hydrogen) atoms. The Morgan fingerprint density at radius 2 is 1.42 bits per heavy atom. The Kier molecular flexibility index (Phi) is 16.8. The lowest BCUT2D eigenvalue weighted by atomic mass is 10.0. The van der Waals surface area contributed by atoms with E-state index in [4.69, 9.17) is 32.3 Å². The average Bonchev–Trinajstić information content (AvgIpc) is 3.73. The molecule has 2 saturated heterocycles. The number of aliphatic hydroxyl groups excluding tert-OH is 1. The summed E-state index contributed by atoms with van der Waals surface area (Å²) in [7, 11) is -10.2. The quantitative estimate of drug-likeness (QED) is 0.0875. The zero-order valence-corrected chi connectivity index (χ0v) is 34.5. The van der Waals surface area contributed by atoms with Gasteiger partial charge in [-0.1, -0.05) is 25.0 Å². The van der Waals surface area contributed by atoms with E-state index in [9.17, 15) is 48.0 Å². The monoisotopic (exact) mass is 875 g/mol. The lowest BCUT2D eigenvalue weighted by molar-refractivity contribution is -0.236. The number of rotatable bonds is 19. The van der Waals surface area contributed by atoms with Crippen molar-refractivity contribution in [1.29, 1.82) is 0 Å². The molecule has 24 heteroatoms. The predicted molar refractivity (Wildman–Crippen MR) is 202 cm³/mol. The van der Waals surface area contributed by atoms with Crippen molar-refractivity contribution in [3.8, 4) is 0 Å². The van der Waals surface area contributed by atoms with Crippen LogP contribution >= 0.6 is 15.6 Å². The van der Waals surface area contributed by atoms with Crippen molar-refractivity contribution >= 4 is 21.7 Å². The van der Waals surface area contributed by atoms with Gasteiger partial charge in [0, 0.05) is 42.9 Å². The first kappa shape index (κ1) is 46.5. The molecule has 0 radical (unpaired) electrons. The molecule has 4 heterocycles. The van der Waals surface area contributed by atoms with E-state index in [1.807, 2.05) is 0 Å². The summed E-state index contributed by atoms with van der Waals surface area (Å²) in [5.74, 6) is 0. The third-order valence-corrected chi connectivity index (χ3v) is 11.9. The third kappa shape index (κ3) is 14.0. The van der Waals surface area contributed by atoms with E-state index in [1.165, 1.54) is 26.2 Å². The maximum absolute atomic E-state index is 13.1. The Morgan fingerprint density at radius 1 is 0.831 bits per heavy atom. The van der Waals surface area contributed by atoms with Crippen molar-refractivity contribution in [2.75, 3.05) is 26.4 Å². The molecule has 22 nitrogen and oxygen atoms in total. The molecule has 3 unspecified atom stereocenters. The summed E-state index contributed by atoms with van der Waals surface area (Å²) in [5.41, 5.74) is -2.62. The van der Waals surface area contributed by atoms with E-state index < -0.39 is 94.3 Å². The number of phosphoric ester groups is 2. The highest BCUT2D eigenvalue weighted by atomic mass is 31.2. The van der Waals surface area contributed by atoms with E-state index in [2.05, 4.69) is 27.4 Å². The number of aromatic amines is 2. The highest BCUT2D eigenvalue weighted by Crippen LogP contribution is 2.47. The summed E-state index contributed by atoms with van der Waals surface area (Å²) in [6.07, 6.45) is 4.50. The van der Waals surface area contributed by atoms with Crippen LogP contribution in [0, 0.1) is 13.8 Å². The van der Waals surface area contributed by atoms with Gasteiger partial charge in [0.2, 0.25) is 0 Å². The van der Waals surface area contributed by atoms with E-state index in [0.29, 0.717) is 32.2 Å². The number of unbranched alkanes of at least 4 members (excludes halogenated alkanes) is 3. The topological polar surface area (TPSA) is 304 Å². The molecule has 2 aromatic rings. The van der Waals surface area contributed by atoms with Gasteiger partial charge in [0.25, 0.3) is 26.8 Å². The smallest absolute Gasteiger partial charge is 0.407 e. The van der Waals surface area contributed by atoms with Gasteiger partial charge in [0.05, 0.1) is 32.0 Å². The first-order valence-corrected chi connectivity index (χ1v) is 22.4. The molecular weight excluding hydrogens is 824 g/mol. The number of H-pyrrole nitrogens is 2. The van der Waals surface area contributed by atoms with E-state index in [0.717, 1.165) is 41.2 Å². The Morgan fingerprint density at radius 3 is 2.12 bits per heavy atom. The number of alkyl carbamates (subject to hydrolysis) is 1. The Labute approximate surface area is 338 Å². The fraction of sp³-hybridized carbons (Fsp3) is 0.686. The summed E-state index contributed by atoms with van der Waals surface area (Å²) in [6.45, 7) is 1.51. The Bertz CT molecular complexity index is 2100. The van der Waals surface area contributed by atoms with Crippen LogP contribution in [0.15, 0.2) is 43.7 Å². The van der Waals surface area contributed by atoms with Crippen molar-refractivity contribution in [3.63, 3.8) is 0 Å². The van der Waals surface area contributed by atoms with Crippen LogP contribution in [0.3, 0.4) is 0 Å². The van der Waals surface area contributed by atoms with Gasteiger partial charge < -0.3 is 52.5 Å². The van der Waals surface area contributed by atoms with Gasteiger partial charge in [-0.15, -0.1) is 0 Å². The van der Waals surface area contributed by atoms with Gasteiger partial charge in [-0.05, 0) is 58.8 Å². The number of aliphatic hydroxyl groups is 1. The molecule has 1 amide bonds. The zero-order valence-electron chi connectivity index (χ0n) is 32.7. The predicted octanol–water partition coefficient (Wildman–Crippen LogP) is 1.19. The van der Waals surface area contributed by atoms with Crippen molar-refractivity contribution in [2.24, 2.45) is 0 Å². The van der Waals surface area contributed by atoms with Crippen molar-refractivity contribution < 1.29 is 61.1 Å². The molecule has 2 aliphatic heterocycles. The summed E-state index contributed by atoms with van der Waals surface area (Å²) in [6, 6.07) is 0. The summed E-state index contributed by atoms with van der Waals surface area (Å²) >= 11 is 0. The molecule has 9 atom stereocenters. The number of amides is 1. The van der Waals surface area contributed by atoms with Gasteiger partial charge in [-0.25, -0.2) is 14.4 Å². The minimum atomic E-state index is -5.28. The SMILES string of the molecule is Cc1cn([C@H]2C[C@@H](O)[C@@H](COP(=O)([O-])O[C@@H]3C[C@H](n4cc(C)c(=O)[nH]c4=O)O[C@@H]3COP(=O)([O-])OCCCCCCNC(=O)OC3CC/C=C/CCC3)O2)c(=O)[nH]c1=O. The minimum Gasteiger partial charge on any atom is -0.756 e. The van der Waals surface area contributed by atoms with Crippen LogP contribution in [0.1, 0.15) is 94.2 Å². The average molecular weight is 876 g/mol. The fourth-order valence-corrected chi connectivity index (χ4v) is 8.42. The number of ether oxygens (including phenoxy) is 3. The molecule has 330 valence electrons. The van der Waals surface area contributed by atoms with Crippen LogP contribution in [0.2, 0.25) is 0 Å². The molecular formula is C35H51N5O17P2-2. The molecule has 1 aliphatic carbocycles. The number of carbonyl (C=O) groups excluding carboxylic acids is 1. The number of nitrogens with one attached hydrogen (secondary N) is 3. The second-order valence-electron chi connectivity index (χ2n) is 14.6. The largest absolute Gasteiger partial charge is 0.756 e. The zero-order chi connectivity index (χ0) is 42.7. The van der Waals surface area contributed by atoms with Crippen molar-refractivity contribution in [3.05, 3.63) is 77.3 Å². The molecule has 3 aliphatic rings. The first-order chi connectivity index (χ1) is 28.0. The molecule has 2 aromatic heterocycles. The number of hydrogen-bond donors (Lipinski definition) is 4. The molecule has 5 rings (SSSR count). The third-order valence-electron chi connectivity index (χ3n) is 9.94. The summed E-state index contributed by atoms with van der Waals surface area (Å²) in [5, 5.41) is 13.3. The highest BCUT2D eigenvalue weighted by Gasteiger charge is 2.42. The first-order valence-electron chi connectivity index (χ1n) is 19.5.